The Bertz CT molecular complexity index is 111. The van der Waals surface area contributed by atoms with E-state index in [1.165, 1.54) is 0 Å². The summed E-state index contributed by atoms with van der Waals surface area (Å²) in [5.41, 5.74) is 0. The van der Waals surface area contributed by atoms with Crippen LogP contribution in [0.3, 0.4) is 0 Å². The molecular formula is C5H10N2S. The average molecular weight is 130 g/mol. The van der Waals surface area contributed by atoms with E-state index in [-0.39, 0.29) is 0 Å². The molecule has 0 atom stereocenters. The summed E-state index contributed by atoms with van der Waals surface area (Å²) in [7, 11) is 2.04. The number of nitrogens with zero attached hydrogens (tertiary/aromatic N) is 2. The second-order valence-electron chi connectivity index (χ2n) is 1.88. The first-order valence-corrected chi connectivity index (χ1v) is 3.33. The predicted molar refractivity (Wildman–Crippen MR) is 38.8 cm³/mol. The molecule has 1 aliphatic rings. The van der Waals surface area contributed by atoms with E-state index in [9.17, 15) is 0 Å². The fourth-order valence-electron chi connectivity index (χ4n) is 0.750. The lowest BCUT2D eigenvalue weighted by Gasteiger charge is -2.09. The van der Waals surface area contributed by atoms with Crippen LogP contribution in [0.1, 0.15) is 0 Å². The summed E-state index contributed by atoms with van der Waals surface area (Å²) < 4.78 is 0. The van der Waals surface area contributed by atoms with Gasteiger partial charge in [0, 0.05) is 19.3 Å². The molecule has 46 valence electrons. The molecule has 0 saturated carbocycles. The van der Waals surface area contributed by atoms with Crippen LogP contribution in [-0.2, 0) is 0 Å². The van der Waals surface area contributed by atoms with E-state index < -0.39 is 0 Å². The van der Waals surface area contributed by atoms with Crippen molar-refractivity contribution >= 4 is 18.5 Å². The van der Waals surface area contributed by atoms with Crippen LogP contribution in [0, 0.1) is 0 Å². The highest BCUT2D eigenvalue weighted by Crippen LogP contribution is 1.98. The molecule has 0 aromatic heterocycles. The highest BCUT2D eigenvalue weighted by Gasteiger charge is 2.08. The number of thiol groups is 1. The number of aliphatic imine (C=N–C) groups is 1. The minimum atomic E-state index is 0.774. The Kier molecular flexibility index (Phi) is 1.78. The summed E-state index contributed by atoms with van der Waals surface area (Å²) in [5.74, 6) is 1.89. The van der Waals surface area contributed by atoms with Gasteiger partial charge in [-0.1, -0.05) is 0 Å². The number of likely N-dealkylation sites (N-methyl/N-ethyl adjacent to an activating group) is 1. The van der Waals surface area contributed by atoms with E-state index in [1.807, 2.05) is 7.05 Å². The van der Waals surface area contributed by atoms with E-state index in [2.05, 4.69) is 22.5 Å². The van der Waals surface area contributed by atoms with Crippen LogP contribution >= 0.6 is 12.6 Å². The quantitative estimate of drug-likeness (QED) is 0.503. The van der Waals surface area contributed by atoms with E-state index in [1.54, 1.807) is 0 Å². The molecule has 0 amide bonds. The maximum atomic E-state index is 4.20. The van der Waals surface area contributed by atoms with E-state index in [0.29, 0.717) is 0 Å². The molecule has 0 unspecified atom stereocenters. The second kappa shape index (κ2) is 2.40. The highest BCUT2D eigenvalue weighted by molar-refractivity contribution is 7.81. The zero-order valence-corrected chi connectivity index (χ0v) is 5.86. The monoisotopic (exact) mass is 130 g/mol. The van der Waals surface area contributed by atoms with Gasteiger partial charge in [0.15, 0.2) is 0 Å². The second-order valence-corrected chi connectivity index (χ2v) is 2.19. The lowest BCUT2D eigenvalue weighted by atomic mass is 10.6. The zero-order chi connectivity index (χ0) is 5.98. The molecule has 0 N–H and O–H groups in total. The van der Waals surface area contributed by atoms with Crippen molar-refractivity contribution in [2.45, 2.75) is 0 Å². The molecule has 1 heterocycles. The summed E-state index contributed by atoms with van der Waals surface area (Å²) >= 11 is 4.10. The standard InChI is InChI=1S/C5H10N2S/c1-7-3-2-6-5(7)4-8/h8H,2-4H2,1H3. The zero-order valence-electron chi connectivity index (χ0n) is 4.96. The molecule has 0 bridgehead atoms. The minimum absolute atomic E-state index is 0.774. The van der Waals surface area contributed by atoms with Crippen LogP contribution in [-0.4, -0.2) is 36.6 Å². The molecule has 0 spiro atoms. The van der Waals surface area contributed by atoms with Crippen molar-refractivity contribution in [2.75, 3.05) is 25.9 Å². The van der Waals surface area contributed by atoms with Crippen LogP contribution in [0.4, 0.5) is 0 Å². The number of rotatable bonds is 1. The summed E-state index contributed by atoms with van der Waals surface area (Å²) in [6, 6.07) is 0. The first kappa shape index (κ1) is 5.95. The number of hydrogen-bond donors (Lipinski definition) is 1. The third-order valence-corrected chi connectivity index (χ3v) is 1.59. The van der Waals surface area contributed by atoms with E-state index in [0.717, 1.165) is 24.7 Å². The van der Waals surface area contributed by atoms with Crippen LogP contribution in [0.25, 0.3) is 0 Å². The van der Waals surface area contributed by atoms with Gasteiger partial charge in [0.05, 0.1) is 6.54 Å². The molecule has 0 aliphatic carbocycles. The first-order chi connectivity index (χ1) is 3.84. The molecule has 0 fully saturated rings. The first-order valence-electron chi connectivity index (χ1n) is 2.70. The average Bonchev–Trinajstić information content (AvgIpc) is 2.14. The van der Waals surface area contributed by atoms with Crippen molar-refractivity contribution in [1.82, 2.24) is 4.90 Å². The van der Waals surface area contributed by atoms with Gasteiger partial charge >= 0.3 is 0 Å². The Balaban J connectivity index is 2.49. The third kappa shape index (κ3) is 0.968. The Morgan fingerprint density at radius 1 is 1.88 bits per heavy atom. The van der Waals surface area contributed by atoms with Crippen molar-refractivity contribution in [1.29, 1.82) is 0 Å². The van der Waals surface area contributed by atoms with Crippen LogP contribution < -0.4 is 0 Å². The maximum absolute atomic E-state index is 4.20. The maximum Gasteiger partial charge on any atom is 0.109 e. The van der Waals surface area contributed by atoms with Crippen LogP contribution in [0.5, 0.6) is 0 Å². The predicted octanol–water partition coefficient (Wildman–Crippen LogP) is 0.260. The van der Waals surface area contributed by atoms with Crippen molar-refractivity contribution in [3.63, 3.8) is 0 Å². The molecule has 2 nitrogen and oxygen atoms in total. The molecule has 8 heavy (non-hydrogen) atoms. The van der Waals surface area contributed by atoms with Gasteiger partial charge in [-0.25, -0.2) is 0 Å². The molecule has 0 saturated heterocycles. The Labute approximate surface area is 55.0 Å². The van der Waals surface area contributed by atoms with Crippen molar-refractivity contribution in [3.05, 3.63) is 0 Å². The normalized spacial score (nSPS) is 19.2. The molecule has 1 rings (SSSR count). The lowest BCUT2D eigenvalue weighted by Crippen LogP contribution is -2.23. The Hall–Kier alpha value is -0.180. The minimum Gasteiger partial charge on any atom is -0.361 e. The molecule has 1 aliphatic heterocycles. The molecule has 0 radical (unpaired) electrons. The van der Waals surface area contributed by atoms with Crippen molar-refractivity contribution in [2.24, 2.45) is 4.99 Å². The molecule has 0 aromatic rings. The van der Waals surface area contributed by atoms with Crippen molar-refractivity contribution in [3.8, 4) is 0 Å². The van der Waals surface area contributed by atoms with Crippen LogP contribution in [0.2, 0.25) is 0 Å². The SMILES string of the molecule is CN1CCN=C1CS. The summed E-state index contributed by atoms with van der Waals surface area (Å²) in [6.07, 6.45) is 0. The van der Waals surface area contributed by atoms with E-state index in [4.69, 9.17) is 0 Å². The van der Waals surface area contributed by atoms with Gasteiger partial charge in [-0.2, -0.15) is 12.6 Å². The summed E-state index contributed by atoms with van der Waals surface area (Å²) in [5, 5.41) is 0. The van der Waals surface area contributed by atoms with E-state index >= 15 is 0 Å². The van der Waals surface area contributed by atoms with Gasteiger partial charge in [0.25, 0.3) is 0 Å². The van der Waals surface area contributed by atoms with Gasteiger partial charge < -0.3 is 4.90 Å². The van der Waals surface area contributed by atoms with Gasteiger partial charge in [0.2, 0.25) is 0 Å². The number of hydrogen-bond acceptors (Lipinski definition) is 3. The summed E-state index contributed by atoms with van der Waals surface area (Å²) in [6.45, 7) is 2.02. The Morgan fingerprint density at radius 2 is 2.62 bits per heavy atom. The molecular weight excluding hydrogens is 120 g/mol. The Morgan fingerprint density at radius 3 is 2.88 bits per heavy atom. The topological polar surface area (TPSA) is 15.6 Å². The third-order valence-electron chi connectivity index (χ3n) is 1.31. The lowest BCUT2D eigenvalue weighted by molar-refractivity contribution is 0.554. The number of amidine groups is 1. The summed E-state index contributed by atoms with van der Waals surface area (Å²) in [4.78, 5) is 6.33. The van der Waals surface area contributed by atoms with Gasteiger partial charge in [-0.3, -0.25) is 4.99 Å². The molecule has 3 heteroatoms. The highest BCUT2D eigenvalue weighted by atomic mass is 32.1. The fourth-order valence-corrected chi connectivity index (χ4v) is 1.09. The van der Waals surface area contributed by atoms with Gasteiger partial charge in [-0.05, 0) is 0 Å². The fraction of sp³-hybridized carbons (Fsp3) is 0.800. The van der Waals surface area contributed by atoms with Gasteiger partial charge in [0.1, 0.15) is 5.84 Å². The largest absolute Gasteiger partial charge is 0.361 e. The smallest absolute Gasteiger partial charge is 0.109 e. The van der Waals surface area contributed by atoms with Crippen LogP contribution in [0.15, 0.2) is 4.99 Å². The molecule has 0 aromatic carbocycles. The van der Waals surface area contributed by atoms with Gasteiger partial charge in [-0.15, -0.1) is 0 Å². The van der Waals surface area contributed by atoms with Crippen molar-refractivity contribution < 1.29 is 0 Å².